The van der Waals surface area contributed by atoms with E-state index in [1.165, 1.54) is 11.3 Å². The number of amides is 2. The molecule has 1 fully saturated rings. The fourth-order valence-electron chi connectivity index (χ4n) is 4.87. The molecule has 194 valence electrons. The van der Waals surface area contributed by atoms with E-state index in [1.807, 2.05) is 85.1 Å². The third-order valence-electron chi connectivity index (χ3n) is 6.98. The van der Waals surface area contributed by atoms with E-state index in [2.05, 4.69) is 16.4 Å². The van der Waals surface area contributed by atoms with Crippen LogP contribution in [0.2, 0.25) is 0 Å². The van der Waals surface area contributed by atoms with Gasteiger partial charge in [0.25, 0.3) is 11.8 Å². The number of anilines is 1. The summed E-state index contributed by atoms with van der Waals surface area (Å²) < 4.78 is 0. The Hall–Kier alpha value is -3.81. The highest BCUT2D eigenvalue weighted by Crippen LogP contribution is 2.32. The van der Waals surface area contributed by atoms with Crippen molar-refractivity contribution in [3.8, 4) is 11.1 Å². The molecular formula is C31H31N3O3S. The minimum atomic E-state index is -1.04. The SMILES string of the molecule is Cc1ccc(NC(=O)c2csc(C3CCN(C(=O)[C@H](O)Cc4ccccc4)CC3)n2)c(-c2ccccc2)c1. The Balaban J connectivity index is 1.19. The van der Waals surface area contributed by atoms with Crippen molar-refractivity contribution < 1.29 is 14.7 Å². The number of benzene rings is 3. The average molecular weight is 526 g/mol. The Bertz CT molecular complexity index is 1400. The molecule has 0 bridgehead atoms. The molecule has 1 aromatic heterocycles. The number of hydrogen-bond acceptors (Lipinski definition) is 5. The number of piperidine rings is 1. The molecule has 4 aromatic rings. The number of thiazole rings is 1. The van der Waals surface area contributed by atoms with Crippen LogP contribution in [0.3, 0.4) is 0 Å². The number of nitrogens with one attached hydrogen (secondary N) is 1. The number of aryl methyl sites for hydroxylation is 1. The second-order valence-corrected chi connectivity index (χ2v) is 10.6. The highest BCUT2D eigenvalue weighted by Gasteiger charge is 2.29. The van der Waals surface area contributed by atoms with Gasteiger partial charge in [-0.15, -0.1) is 11.3 Å². The lowest BCUT2D eigenvalue weighted by Gasteiger charge is -2.32. The summed E-state index contributed by atoms with van der Waals surface area (Å²) in [5.41, 5.74) is 5.23. The van der Waals surface area contributed by atoms with Crippen molar-refractivity contribution >= 4 is 28.8 Å². The summed E-state index contributed by atoms with van der Waals surface area (Å²) in [6, 6.07) is 25.6. The third kappa shape index (κ3) is 6.01. The maximum absolute atomic E-state index is 13.1. The molecule has 2 amide bonds. The van der Waals surface area contributed by atoms with Gasteiger partial charge < -0.3 is 15.3 Å². The standard InChI is InChI=1S/C31H31N3O3S/c1-21-12-13-26(25(18-21)23-10-6-3-7-11-23)32-29(36)27-20-38-30(33-27)24-14-16-34(17-15-24)31(37)28(35)19-22-8-4-2-5-9-22/h2-13,18,20,24,28,35H,14-17,19H2,1H3,(H,32,36)/t28-/m1/s1. The monoisotopic (exact) mass is 525 g/mol. The number of aliphatic hydroxyl groups excluding tert-OH is 1. The number of rotatable bonds is 7. The molecule has 0 unspecified atom stereocenters. The first kappa shape index (κ1) is 25.8. The fraction of sp³-hybridized carbons (Fsp3) is 0.258. The minimum Gasteiger partial charge on any atom is -0.383 e. The third-order valence-corrected chi connectivity index (χ3v) is 7.98. The molecule has 6 nitrogen and oxygen atoms in total. The highest BCUT2D eigenvalue weighted by molar-refractivity contribution is 7.10. The summed E-state index contributed by atoms with van der Waals surface area (Å²) in [6.45, 7) is 3.17. The van der Waals surface area contributed by atoms with Gasteiger partial charge in [0, 0.05) is 42.1 Å². The van der Waals surface area contributed by atoms with E-state index in [-0.39, 0.29) is 17.7 Å². The molecule has 3 aromatic carbocycles. The Labute approximate surface area is 227 Å². The summed E-state index contributed by atoms with van der Waals surface area (Å²) >= 11 is 1.49. The lowest BCUT2D eigenvalue weighted by molar-refractivity contribution is -0.141. The number of aromatic nitrogens is 1. The van der Waals surface area contributed by atoms with Crippen LogP contribution in [-0.2, 0) is 11.2 Å². The average Bonchev–Trinajstić information content (AvgIpc) is 3.45. The van der Waals surface area contributed by atoms with Crippen LogP contribution in [0.25, 0.3) is 11.1 Å². The minimum absolute atomic E-state index is 0.191. The maximum atomic E-state index is 13.1. The normalized spacial score (nSPS) is 14.7. The van der Waals surface area contributed by atoms with Gasteiger partial charge in [0.05, 0.1) is 5.01 Å². The van der Waals surface area contributed by atoms with Gasteiger partial charge >= 0.3 is 0 Å². The zero-order chi connectivity index (χ0) is 26.5. The van der Waals surface area contributed by atoms with Crippen LogP contribution in [0.5, 0.6) is 0 Å². The van der Waals surface area contributed by atoms with Gasteiger partial charge in [-0.25, -0.2) is 4.98 Å². The molecule has 7 heteroatoms. The fourth-order valence-corrected chi connectivity index (χ4v) is 5.84. The Morgan fingerprint density at radius 3 is 2.42 bits per heavy atom. The molecule has 2 N–H and O–H groups in total. The summed E-state index contributed by atoms with van der Waals surface area (Å²) in [5.74, 6) is -0.264. The highest BCUT2D eigenvalue weighted by atomic mass is 32.1. The zero-order valence-corrected chi connectivity index (χ0v) is 22.2. The Morgan fingerprint density at radius 2 is 1.71 bits per heavy atom. The molecular weight excluding hydrogens is 494 g/mol. The second kappa shape index (κ2) is 11.7. The van der Waals surface area contributed by atoms with Crippen molar-refractivity contribution in [1.82, 2.24) is 9.88 Å². The van der Waals surface area contributed by atoms with Crippen LogP contribution < -0.4 is 5.32 Å². The first-order valence-electron chi connectivity index (χ1n) is 12.9. The van der Waals surface area contributed by atoms with Crippen LogP contribution in [0.4, 0.5) is 5.69 Å². The van der Waals surface area contributed by atoms with Crippen molar-refractivity contribution in [2.24, 2.45) is 0 Å². The Morgan fingerprint density at radius 1 is 1.03 bits per heavy atom. The molecule has 0 saturated carbocycles. The van der Waals surface area contributed by atoms with Gasteiger partial charge in [-0.2, -0.15) is 0 Å². The van der Waals surface area contributed by atoms with Crippen LogP contribution in [0.1, 0.15) is 45.4 Å². The molecule has 0 aliphatic carbocycles. The van der Waals surface area contributed by atoms with E-state index < -0.39 is 6.10 Å². The van der Waals surface area contributed by atoms with Gasteiger partial charge in [-0.1, -0.05) is 72.3 Å². The molecule has 1 aliphatic heterocycles. The van der Waals surface area contributed by atoms with Gasteiger partial charge in [0.2, 0.25) is 0 Å². The van der Waals surface area contributed by atoms with Gasteiger partial charge in [-0.05, 0) is 43.0 Å². The zero-order valence-electron chi connectivity index (χ0n) is 21.3. The van der Waals surface area contributed by atoms with Crippen molar-refractivity contribution in [2.45, 2.75) is 38.2 Å². The van der Waals surface area contributed by atoms with Crippen molar-refractivity contribution in [1.29, 1.82) is 0 Å². The van der Waals surface area contributed by atoms with Crippen LogP contribution in [0.15, 0.2) is 84.2 Å². The van der Waals surface area contributed by atoms with Gasteiger partial charge in [0.1, 0.15) is 11.8 Å². The summed E-state index contributed by atoms with van der Waals surface area (Å²) in [5, 5.41) is 16.2. The molecule has 1 atom stereocenters. The van der Waals surface area contributed by atoms with E-state index in [1.54, 1.807) is 4.90 Å². The van der Waals surface area contributed by atoms with Crippen molar-refractivity contribution in [3.05, 3.63) is 106 Å². The van der Waals surface area contributed by atoms with Crippen LogP contribution in [0, 0.1) is 6.92 Å². The smallest absolute Gasteiger partial charge is 0.275 e. The second-order valence-electron chi connectivity index (χ2n) is 9.75. The van der Waals surface area contributed by atoms with E-state index >= 15 is 0 Å². The first-order chi connectivity index (χ1) is 18.5. The number of carbonyl (C=O) groups is 2. The van der Waals surface area contributed by atoms with Crippen LogP contribution >= 0.6 is 11.3 Å². The summed E-state index contributed by atoms with van der Waals surface area (Å²) in [6.07, 6.45) is 0.798. The van der Waals surface area contributed by atoms with Crippen molar-refractivity contribution in [3.63, 3.8) is 0 Å². The molecule has 5 rings (SSSR count). The predicted molar refractivity (Wildman–Crippen MR) is 151 cm³/mol. The molecule has 0 spiro atoms. The van der Waals surface area contributed by atoms with E-state index in [4.69, 9.17) is 0 Å². The summed E-state index contributed by atoms with van der Waals surface area (Å²) in [4.78, 5) is 32.3. The largest absolute Gasteiger partial charge is 0.383 e. The molecule has 1 saturated heterocycles. The van der Waals surface area contributed by atoms with Gasteiger partial charge in [0.15, 0.2) is 0 Å². The number of nitrogens with zero attached hydrogens (tertiary/aromatic N) is 2. The molecule has 0 radical (unpaired) electrons. The summed E-state index contributed by atoms with van der Waals surface area (Å²) in [7, 11) is 0. The topological polar surface area (TPSA) is 82.5 Å². The quantitative estimate of drug-likeness (QED) is 0.325. The van der Waals surface area contributed by atoms with E-state index in [0.29, 0.717) is 25.2 Å². The van der Waals surface area contributed by atoms with E-state index in [0.717, 1.165) is 45.8 Å². The van der Waals surface area contributed by atoms with Gasteiger partial charge in [-0.3, -0.25) is 9.59 Å². The Kier molecular flexibility index (Phi) is 7.96. The van der Waals surface area contributed by atoms with E-state index in [9.17, 15) is 14.7 Å². The first-order valence-corrected chi connectivity index (χ1v) is 13.8. The lowest BCUT2D eigenvalue weighted by atomic mass is 9.96. The van der Waals surface area contributed by atoms with Crippen LogP contribution in [-0.4, -0.2) is 46.0 Å². The molecule has 2 heterocycles. The maximum Gasteiger partial charge on any atom is 0.275 e. The van der Waals surface area contributed by atoms with Crippen molar-refractivity contribution in [2.75, 3.05) is 18.4 Å². The predicted octanol–water partition coefficient (Wildman–Crippen LogP) is 5.68. The number of aliphatic hydroxyl groups is 1. The molecule has 1 aliphatic rings. The number of carbonyl (C=O) groups excluding carboxylic acids is 2. The number of hydrogen-bond donors (Lipinski definition) is 2. The lowest BCUT2D eigenvalue weighted by Crippen LogP contribution is -2.44. The molecule has 38 heavy (non-hydrogen) atoms. The number of likely N-dealkylation sites (tertiary alicyclic amines) is 1.